The van der Waals surface area contributed by atoms with Crippen LogP contribution in [0.15, 0.2) is 43.0 Å². The number of benzene rings is 1. The fourth-order valence-electron chi connectivity index (χ4n) is 2.83. The molecule has 1 aliphatic heterocycles. The summed E-state index contributed by atoms with van der Waals surface area (Å²) in [4.78, 5) is 26.0. The summed E-state index contributed by atoms with van der Waals surface area (Å²) >= 11 is 0. The van der Waals surface area contributed by atoms with E-state index < -0.39 is 11.6 Å². The maximum Gasteiger partial charge on any atom is 0.331 e. The third kappa shape index (κ3) is 3.70. The number of anilines is 1. The molecule has 23 heavy (non-hydrogen) atoms. The third-order valence-corrected chi connectivity index (χ3v) is 3.55. The highest BCUT2D eigenvalue weighted by Gasteiger charge is 2.36. The van der Waals surface area contributed by atoms with E-state index in [0.717, 1.165) is 16.8 Å². The smallest absolute Gasteiger partial charge is 0.331 e. The fraction of sp³-hybridized carbons (Fsp3) is 0.368. The molecule has 4 heteroatoms. The van der Waals surface area contributed by atoms with E-state index in [1.54, 1.807) is 11.0 Å². The van der Waals surface area contributed by atoms with E-state index in [4.69, 9.17) is 4.74 Å². The monoisotopic (exact) mass is 313 g/mol. The molecule has 1 heterocycles. The Bertz CT molecular complexity index is 667. The van der Waals surface area contributed by atoms with Crippen LogP contribution in [0.4, 0.5) is 5.69 Å². The lowest BCUT2D eigenvalue weighted by molar-refractivity contribution is -0.148. The molecular formula is C19H23NO3. The quantitative estimate of drug-likeness (QED) is 0.485. The molecule has 0 fully saturated rings. The van der Waals surface area contributed by atoms with Crippen molar-refractivity contribution < 1.29 is 14.3 Å². The van der Waals surface area contributed by atoms with Crippen LogP contribution in [-0.2, 0) is 14.3 Å². The van der Waals surface area contributed by atoms with Gasteiger partial charge in [0.15, 0.2) is 0 Å². The number of nitrogens with zero attached hydrogens (tertiary/aromatic N) is 1. The number of carbonyl (C=O) groups excluding carboxylic acids is 2. The molecule has 122 valence electrons. The zero-order chi connectivity index (χ0) is 17.2. The van der Waals surface area contributed by atoms with Gasteiger partial charge in [0, 0.05) is 18.6 Å². The minimum absolute atomic E-state index is 0.0584. The predicted octanol–water partition coefficient (Wildman–Crippen LogP) is 3.72. The van der Waals surface area contributed by atoms with E-state index in [0.29, 0.717) is 6.42 Å². The first-order chi connectivity index (χ1) is 10.7. The Balaban J connectivity index is 2.49. The SMILES string of the molecule is C=CCC1/C(=C\C(=O)OC(C)(C)C)c2ccccc2N1C(C)=O. The predicted molar refractivity (Wildman–Crippen MR) is 92.0 cm³/mol. The molecule has 2 rings (SSSR count). The van der Waals surface area contributed by atoms with Gasteiger partial charge in [-0.15, -0.1) is 6.58 Å². The molecule has 0 saturated heterocycles. The molecule has 0 radical (unpaired) electrons. The highest BCUT2D eigenvalue weighted by molar-refractivity contribution is 6.07. The van der Waals surface area contributed by atoms with Gasteiger partial charge in [0.25, 0.3) is 0 Å². The second-order valence-corrected chi connectivity index (χ2v) is 6.58. The summed E-state index contributed by atoms with van der Waals surface area (Å²) in [7, 11) is 0. The molecule has 1 atom stereocenters. The van der Waals surface area contributed by atoms with Crippen LogP contribution in [0.3, 0.4) is 0 Å². The van der Waals surface area contributed by atoms with Crippen molar-refractivity contribution in [2.45, 2.75) is 45.8 Å². The number of esters is 1. The van der Waals surface area contributed by atoms with Crippen LogP contribution in [0.25, 0.3) is 5.57 Å². The van der Waals surface area contributed by atoms with Gasteiger partial charge in [0.05, 0.1) is 11.7 Å². The number of hydrogen-bond donors (Lipinski definition) is 0. The van der Waals surface area contributed by atoms with Crippen LogP contribution < -0.4 is 4.90 Å². The Morgan fingerprint density at radius 3 is 2.52 bits per heavy atom. The largest absolute Gasteiger partial charge is 0.457 e. The number of carbonyl (C=O) groups is 2. The van der Waals surface area contributed by atoms with Crippen molar-refractivity contribution in [1.29, 1.82) is 0 Å². The summed E-state index contributed by atoms with van der Waals surface area (Å²) in [5.74, 6) is -0.460. The normalized spacial score (nSPS) is 18.7. The van der Waals surface area contributed by atoms with Gasteiger partial charge < -0.3 is 9.64 Å². The molecule has 1 aliphatic rings. The zero-order valence-corrected chi connectivity index (χ0v) is 14.1. The van der Waals surface area contributed by atoms with Crippen molar-refractivity contribution >= 4 is 23.1 Å². The molecule has 0 bridgehead atoms. The van der Waals surface area contributed by atoms with E-state index in [9.17, 15) is 9.59 Å². The Morgan fingerprint density at radius 2 is 1.96 bits per heavy atom. The molecule has 0 aliphatic carbocycles. The van der Waals surface area contributed by atoms with Crippen LogP contribution in [0.2, 0.25) is 0 Å². The number of ether oxygens (including phenoxy) is 1. The van der Waals surface area contributed by atoms with Gasteiger partial charge in [0.1, 0.15) is 5.60 Å². The molecule has 0 N–H and O–H groups in total. The van der Waals surface area contributed by atoms with Crippen molar-refractivity contribution in [3.05, 3.63) is 48.6 Å². The van der Waals surface area contributed by atoms with E-state index >= 15 is 0 Å². The summed E-state index contributed by atoms with van der Waals surface area (Å²) in [6.07, 6.45) is 3.83. The zero-order valence-electron chi connectivity index (χ0n) is 14.1. The lowest BCUT2D eigenvalue weighted by Crippen LogP contribution is -2.35. The van der Waals surface area contributed by atoms with Gasteiger partial charge in [-0.05, 0) is 38.8 Å². The van der Waals surface area contributed by atoms with Gasteiger partial charge in [-0.2, -0.15) is 0 Å². The summed E-state index contributed by atoms with van der Waals surface area (Å²) < 4.78 is 5.39. The third-order valence-electron chi connectivity index (χ3n) is 3.55. The van der Waals surface area contributed by atoms with Crippen molar-refractivity contribution in [2.75, 3.05) is 4.90 Å². The van der Waals surface area contributed by atoms with Crippen molar-refractivity contribution in [3.8, 4) is 0 Å². The average Bonchev–Trinajstić information content (AvgIpc) is 2.71. The van der Waals surface area contributed by atoms with Crippen molar-refractivity contribution in [1.82, 2.24) is 0 Å². The molecule has 0 aromatic heterocycles. The Hall–Kier alpha value is -2.36. The van der Waals surface area contributed by atoms with Gasteiger partial charge in [-0.3, -0.25) is 4.79 Å². The second kappa shape index (κ2) is 6.41. The standard InChI is InChI=1S/C19H23NO3/c1-6-9-16-15(12-18(22)23-19(3,4)5)14-10-7-8-11-17(14)20(16)13(2)21/h6-8,10-12,16H,1,9H2,2-5H3/b15-12-. The van der Waals surface area contributed by atoms with Gasteiger partial charge >= 0.3 is 5.97 Å². The maximum atomic E-state index is 12.2. The molecular weight excluding hydrogens is 290 g/mol. The number of amides is 1. The highest BCUT2D eigenvalue weighted by atomic mass is 16.6. The molecule has 0 saturated carbocycles. The number of rotatable bonds is 3. The first-order valence-corrected chi connectivity index (χ1v) is 7.69. The summed E-state index contributed by atoms with van der Waals surface area (Å²) in [6, 6.07) is 7.37. The fourth-order valence-corrected chi connectivity index (χ4v) is 2.83. The second-order valence-electron chi connectivity index (χ2n) is 6.58. The van der Waals surface area contributed by atoms with Gasteiger partial charge in [-0.25, -0.2) is 4.79 Å². The molecule has 1 aromatic carbocycles. The first-order valence-electron chi connectivity index (χ1n) is 7.69. The minimum atomic E-state index is -0.555. The maximum absolute atomic E-state index is 12.2. The Kier molecular flexibility index (Phi) is 4.73. The summed E-state index contributed by atoms with van der Waals surface area (Å²) in [5.41, 5.74) is 1.95. The highest BCUT2D eigenvalue weighted by Crippen LogP contribution is 2.41. The van der Waals surface area contributed by atoms with Crippen LogP contribution in [-0.4, -0.2) is 23.5 Å². The van der Waals surface area contributed by atoms with Crippen LogP contribution in [0.1, 0.15) is 39.7 Å². The number of para-hydroxylation sites is 1. The molecule has 1 amide bonds. The lowest BCUT2D eigenvalue weighted by atomic mass is 9.99. The van der Waals surface area contributed by atoms with E-state index in [-0.39, 0.29) is 11.9 Å². The van der Waals surface area contributed by atoms with E-state index in [1.165, 1.54) is 13.0 Å². The van der Waals surface area contributed by atoms with Gasteiger partial charge in [-0.1, -0.05) is 24.3 Å². The molecule has 1 aromatic rings. The molecule has 0 spiro atoms. The lowest BCUT2D eigenvalue weighted by Gasteiger charge is -2.24. The first kappa shape index (κ1) is 17.0. The average molecular weight is 313 g/mol. The van der Waals surface area contributed by atoms with Crippen LogP contribution >= 0.6 is 0 Å². The summed E-state index contributed by atoms with van der Waals surface area (Å²) in [5, 5.41) is 0. The topological polar surface area (TPSA) is 46.6 Å². The van der Waals surface area contributed by atoms with E-state index in [1.807, 2.05) is 45.0 Å². The van der Waals surface area contributed by atoms with Crippen LogP contribution in [0.5, 0.6) is 0 Å². The van der Waals surface area contributed by atoms with Gasteiger partial charge in [0.2, 0.25) is 5.91 Å². The number of hydrogen-bond acceptors (Lipinski definition) is 3. The van der Waals surface area contributed by atoms with Crippen LogP contribution in [0, 0.1) is 0 Å². The van der Waals surface area contributed by atoms with Crippen molar-refractivity contribution in [3.63, 3.8) is 0 Å². The minimum Gasteiger partial charge on any atom is -0.457 e. The van der Waals surface area contributed by atoms with Crippen molar-refractivity contribution in [2.24, 2.45) is 0 Å². The Labute approximate surface area is 137 Å². The molecule has 1 unspecified atom stereocenters. The molecule has 4 nitrogen and oxygen atoms in total. The summed E-state index contributed by atoms with van der Waals surface area (Å²) in [6.45, 7) is 10.8. The Morgan fingerprint density at radius 1 is 1.30 bits per heavy atom. The van der Waals surface area contributed by atoms with E-state index in [2.05, 4.69) is 6.58 Å². The number of fused-ring (bicyclic) bond motifs is 1.